The number of ether oxygens (including phenoxy) is 3. The minimum Gasteiger partial charge on any atom is -0.497 e. The molecule has 2 fully saturated rings. The van der Waals surface area contributed by atoms with E-state index in [1.807, 2.05) is 66.7 Å². The van der Waals surface area contributed by atoms with Crippen LogP contribution in [0.25, 0.3) is 0 Å². The number of carbonyl (C=O) groups is 2. The quantitative estimate of drug-likeness (QED) is 0.477. The number of hydrogen-bond donors (Lipinski definition) is 1. The second-order valence-corrected chi connectivity index (χ2v) is 10.8. The molecule has 3 aromatic carbocycles. The Morgan fingerprint density at radius 2 is 1.70 bits per heavy atom. The Morgan fingerprint density at radius 1 is 1.00 bits per heavy atom. The summed E-state index contributed by atoms with van der Waals surface area (Å²) in [6.07, 6.45) is 1.61. The largest absolute Gasteiger partial charge is 0.497 e. The first-order valence-electron chi connectivity index (χ1n) is 13.8. The van der Waals surface area contributed by atoms with Gasteiger partial charge in [-0.05, 0) is 48.7 Å². The molecular weight excluding hydrogens is 506 g/mol. The highest BCUT2D eigenvalue weighted by Crippen LogP contribution is 2.48. The molecule has 1 N–H and O–H groups in total. The van der Waals surface area contributed by atoms with Crippen molar-refractivity contribution in [2.75, 3.05) is 45.4 Å². The first-order chi connectivity index (χ1) is 19.5. The Kier molecular flexibility index (Phi) is 6.88. The molecule has 8 nitrogen and oxygen atoms in total. The highest BCUT2D eigenvalue weighted by molar-refractivity contribution is 5.93. The summed E-state index contributed by atoms with van der Waals surface area (Å²) in [5, 5.41) is 3.08. The summed E-state index contributed by atoms with van der Waals surface area (Å²) in [7, 11) is 3.05. The third kappa shape index (κ3) is 4.27. The number of fused-ring (bicyclic) bond motifs is 1. The molecule has 0 bridgehead atoms. The number of likely N-dealkylation sites (tertiary alicyclic amines) is 1. The smallest absolute Gasteiger partial charge is 0.321 e. The van der Waals surface area contributed by atoms with Gasteiger partial charge in [-0.2, -0.15) is 0 Å². The first kappa shape index (κ1) is 26.2. The summed E-state index contributed by atoms with van der Waals surface area (Å²) in [4.78, 5) is 31.4. The molecule has 6 rings (SSSR count). The minimum absolute atomic E-state index is 0.0987. The van der Waals surface area contributed by atoms with Gasteiger partial charge in [0.25, 0.3) is 0 Å². The number of para-hydroxylation sites is 1. The van der Waals surface area contributed by atoms with Gasteiger partial charge in [0.05, 0.1) is 20.9 Å². The summed E-state index contributed by atoms with van der Waals surface area (Å²) in [5.74, 6) is 1.09. The van der Waals surface area contributed by atoms with Crippen molar-refractivity contribution in [3.63, 3.8) is 0 Å². The van der Waals surface area contributed by atoms with Crippen LogP contribution >= 0.6 is 0 Å². The van der Waals surface area contributed by atoms with Gasteiger partial charge in [-0.15, -0.1) is 0 Å². The highest BCUT2D eigenvalue weighted by Gasteiger charge is 2.53. The Balaban J connectivity index is 1.27. The fraction of sp³-hybridized carbons (Fsp3) is 0.375. The van der Waals surface area contributed by atoms with E-state index in [0.29, 0.717) is 31.1 Å². The minimum atomic E-state index is -1.03. The van der Waals surface area contributed by atoms with Gasteiger partial charge in [-0.1, -0.05) is 48.5 Å². The third-order valence-electron chi connectivity index (χ3n) is 8.82. The van der Waals surface area contributed by atoms with E-state index in [1.54, 1.807) is 7.11 Å². The van der Waals surface area contributed by atoms with Crippen LogP contribution in [0.1, 0.15) is 30.4 Å². The van der Waals surface area contributed by atoms with E-state index in [9.17, 15) is 9.59 Å². The molecule has 8 heteroatoms. The Labute approximate surface area is 234 Å². The topological polar surface area (TPSA) is 80.3 Å². The number of nitrogens with zero attached hydrogens (tertiary/aromatic N) is 2. The second-order valence-electron chi connectivity index (χ2n) is 10.8. The van der Waals surface area contributed by atoms with Crippen molar-refractivity contribution in [2.45, 2.75) is 36.3 Å². The molecule has 3 aromatic rings. The van der Waals surface area contributed by atoms with E-state index >= 15 is 0 Å². The number of anilines is 1. The predicted octanol–water partition coefficient (Wildman–Crippen LogP) is 3.73. The average Bonchev–Trinajstić information content (AvgIpc) is 3.32. The van der Waals surface area contributed by atoms with Gasteiger partial charge in [0, 0.05) is 37.3 Å². The van der Waals surface area contributed by atoms with Gasteiger partial charge < -0.3 is 24.4 Å². The number of carbonyl (C=O) groups excluding carboxylic acids is 2. The highest BCUT2D eigenvalue weighted by atomic mass is 16.5. The van der Waals surface area contributed by atoms with Gasteiger partial charge in [0.15, 0.2) is 0 Å². The lowest BCUT2D eigenvalue weighted by Gasteiger charge is -2.45. The first-order valence-corrected chi connectivity index (χ1v) is 13.8. The van der Waals surface area contributed by atoms with Crippen molar-refractivity contribution in [3.05, 3.63) is 90.0 Å². The van der Waals surface area contributed by atoms with E-state index in [4.69, 9.17) is 14.2 Å². The molecule has 40 heavy (non-hydrogen) atoms. The van der Waals surface area contributed by atoms with Gasteiger partial charge in [-0.3, -0.25) is 14.5 Å². The zero-order chi connectivity index (χ0) is 27.7. The monoisotopic (exact) mass is 541 g/mol. The SMILES string of the molecule is COC(=O)[C@@]1(c2ccccc2)C[C@H](CN2CCC3(CC2)C(=O)NCN3c2ccccc2)Oc2ccc(OC)cc21. The van der Waals surface area contributed by atoms with Crippen molar-refractivity contribution in [3.8, 4) is 11.5 Å². The molecule has 2 saturated heterocycles. The molecule has 0 radical (unpaired) electrons. The fourth-order valence-electron chi connectivity index (χ4n) is 6.75. The van der Waals surface area contributed by atoms with E-state index in [1.165, 1.54) is 7.11 Å². The number of benzene rings is 3. The second kappa shape index (κ2) is 10.5. The van der Waals surface area contributed by atoms with Gasteiger partial charge >= 0.3 is 5.97 Å². The van der Waals surface area contributed by atoms with Crippen LogP contribution in [-0.4, -0.2) is 68.9 Å². The van der Waals surface area contributed by atoms with Gasteiger partial charge in [-0.25, -0.2) is 0 Å². The maximum atomic E-state index is 13.7. The third-order valence-corrected chi connectivity index (χ3v) is 8.82. The molecule has 1 spiro atoms. The molecule has 3 aliphatic heterocycles. The predicted molar refractivity (Wildman–Crippen MR) is 152 cm³/mol. The maximum absolute atomic E-state index is 13.7. The van der Waals surface area contributed by atoms with Crippen LogP contribution in [0.2, 0.25) is 0 Å². The fourth-order valence-corrected chi connectivity index (χ4v) is 6.75. The van der Waals surface area contributed by atoms with Crippen LogP contribution in [0.3, 0.4) is 0 Å². The van der Waals surface area contributed by atoms with Crippen molar-refractivity contribution in [1.82, 2.24) is 10.2 Å². The van der Waals surface area contributed by atoms with E-state index in [-0.39, 0.29) is 18.0 Å². The van der Waals surface area contributed by atoms with Crippen molar-refractivity contribution < 1.29 is 23.8 Å². The molecule has 0 aromatic heterocycles. The van der Waals surface area contributed by atoms with Crippen LogP contribution in [0.4, 0.5) is 5.69 Å². The van der Waals surface area contributed by atoms with Gasteiger partial charge in [0.1, 0.15) is 28.6 Å². The molecule has 3 aliphatic rings. The number of amides is 1. The number of methoxy groups -OCH3 is 2. The number of hydrogen-bond acceptors (Lipinski definition) is 7. The van der Waals surface area contributed by atoms with Crippen molar-refractivity contribution >= 4 is 17.6 Å². The van der Waals surface area contributed by atoms with E-state index < -0.39 is 11.0 Å². The summed E-state index contributed by atoms with van der Waals surface area (Å²) < 4.78 is 17.5. The molecule has 0 unspecified atom stereocenters. The summed E-state index contributed by atoms with van der Waals surface area (Å²) >= 11 is 0. The summed E-state index contributed by atoms with van der Waals surface area (Å²) in [5.41, 5.74) is 1.09. The Hall–Kier alpha value is -4.04. The lowest BCUT2D eigenvalue weighted by atomic mass is 9.68. The van der Waals surface area contributed by atoms with Gasteiger partial charge in [0.2, 0.25) is 5.91 Å². The summed E-state index contributed by atoms with van der Waals surface area (Å²) in [6, 6.07) is 25.5. The zero-order valence-electron chi connectivity index (χ0n) is 23.0. The normalized spacial score (nSPS) is 23.7. The van der Waals surface area contributed by atoms with Crippen molar-refractivity contribution in [1.29, 1.82) is 0 Å². The maximum Gasteiger partial charge on any atom is 0.321 e. The van der Waals surface area contributed by atoms with E-state index in [0.717, 1.165) is 42.7 Å². The standard InChI is InChI=1S/C32H35N3O5/c1-38-25-13-14-28-27(19-25)32(30(37)39-2,23-9-5-3-6-10-23)20-26(40-28)21-34-17-15-31(16-18-34)29(36)33-22-35(31)24-11-7-4-8-12-24/h3-14,19,26H,15-18,20-22H2,1-2H3,(H,33,36)/t26-,32-/m1/s1. The molecule has 0 aliphatic carbocycles. The molecule has 1 amide bonds. The number of esters is 1. The lowest BCUT2D eigenvalue weighted by Crippen LogP contribution is -2.58. The molecule has 2 atom stereocenters. The molecule has 208 valence electrons. The lowest BCUT2D eigenvalue weighted by molar-refractivity contribution is -0.148. The van der Waals surface area contributed by atoms with Crippen LogP contribution < -0.4 is 19.7 Å². The molecular formula is C32H35N3O5. The summed E-state index contributed by atoms with van der Waals surface area (Å²) in [6.45, 7) is 2.67. The van der Waals surface area contributed by atoms with Crippen LogP contribution in [0.5, 0.6) is 11.5 Å². The van der Waals surface area contributed by atoms with Crippen LogP contribution in [0.15, 0.2) is 78.9 Å². The average molecular weight is 542 g/mol. The van der Waals surface area contributed by atoms with Crippen molar-refractivity contribution in [2.24, 2.45) is 0 Å². The Morgan fingerprint density at radius 3 is 2.38 bits per heavy atom. The Bertz CT molecular complexity index is 1370. The zero-order valence-corrected chi connectivity index (χ0v) is 23.0. The molecule has 0 saturated carbocycles. The number of piperidine rings is 1. The number of nitrogens with one attached hydrogen (secondary N) is 1. The van der Waals surface area contributed by atoms with E-state index in [2.05, 4.69) is 27.2 Å². The van der Waals surface area contributed by atoms with Crippen LogP contribution in [-0.2, 0) is 19.7 Å². The van der Waals surface area contributed by atoms with Crippen LogP contribution in [0, 0.1) is 0 Å². The number of rotatable bonds is 6. The molecule has 3 heterocycles.